The number of carbonyl (C=O) groups is 1. The first-order valence-corrected chi connectivity index (χ1v) is 12.0. The van der Waals surface area contributed by atoms with Gasteiger partial charge in [-0.3, -0.25) is 0 Å². The van der Waals surface area contributed by atoms with Crippen LogP contribution in [-0.2, 0) is 4.74 Å². The van der Waals surface area contributed by atoms with Crippen LogP contribution in [0.15, 0.2) is 24.3 Å². The molecule has 0 amide bonds. The fraction of sp³-hybridized carbons (Fsp3) is 0.720. The molecule has 0 aromatic heterocycles. The third kappa shape index (κ3) is 13.2. The van der Waals surface area contributed by atoms with E-state index >= 15 is 0 Å². The van der Waals surface area contributed by atoms with Gasteiger partial charge in [-0.15, -0.1) is 0 Å². The molecule has 0 spiro atoms. The van der Waals surface area contributed by atoms with Gasteiger partial charge in [-0.05, 0) is 18.6 Å². The summed E-state index contributed by atoms with van der Waals surface area (Å²) in [7, 11) is 0. The average molecular weight is 409 g/mol. The van der Waals surface area contributed by atoms with Crippen LogP contribution in [0.1, 0.15) is 120 Å². The van der Waals surface area contributed by atoms with Gasteiger partial charge in [0.1, 0.15) is 0 Å². The Bertz CT molecular complexity index is 501. The van der Waals surface area contributed by atoms with Gasteiger partial charge >= 0.3 is 5.97 Å². The molecule has 1 rings (SSSR count). The Morgan fingerprint density at radius 3 is 1.61 bits per heavy atom. The summed E-state index contributed by atoms with van der Waals surface area (Å²) in [6, 6.07) is 7.04. The van der Waals surface area contributed by atoms with Crippen molar-refractivity contribution in [3.8, 4) is 0 Å². The second-order valence-corrected chi connectivity index (χ2v) is 8.33. The number of ether oxygens (including phenoxy) is 1. The summed E-state index contributed by atoms with van der Waals surface area (Å²) in [6.07, 6.45) is 21.5. The predicted octanol–water partition coefficient (Wildman–Crippen LogP) is 8.76. The number of halogens is 1. The van der Waals surface area contributed by atoms with Crippen molar-refractivity contribution in [2.45, 2.75) is 110 Å². The zero-order valence-corrected chi connectivity index (χ0v) is 18.8. The largest absolute Gasteiger partial charge is 0.462 e. The van der Waals surface area contributed by atoms with Crippen LogP contribution in [0.3, 0.4) is 0 Å². The smallest absolute Gasteiger partial charge is 0.339 e. The lowest BCUT2D eigenvalue weighted by Gasteiger charge is -2.06. The molecule has 0 aliphatic rings. The molecule has 160 valence electrons. The molecule has 0 aliphatic heterocycles. The molecule has 2 nitrogen and oxygen atoms in total. The second kappa shape index (κ2) is 18.0. The van der Waals surface area contributed by atoms with Crippen molar-refractivity contribution >= 4 is 17.6 Å². The van der Waals surface area contributed by atoms with Crippen LogP contribution in [0.25, 0.3) is 0 Å². The van der Waals surface area contributed by atoms with Crippen LogP contribution in [0, 0.1) is 0 Å². The van der Waals surface area contributed by atoms with Crippen LogP contribution in [0.2, 0.25) is 5.02 Å². The topological polar surface area (TPSA) is 26.3 Å². The summed E-state index contributed by atoms with van der Waals surface area (Å²) in [6.45, 7) is 2.77. The Hall–Kier alpha value is -1.02. The number of benzene rings is 1. The van der Waals surface area contributed by atoms with Crippen molar-refractivity contribution < 1.29 is 9.53 Å². The van der Waals surface area contributed by atoms with Crippen LogP contribution < -0.4 is 0 Å². The molecule has 0 unspecified atom stereocenters. The van der Waals surface area contributed by atoms with Gasteiger partial charge < -0.3 is 4.74 Å². The van der Waals surface area contributed by atoms with E-state index in [2.05, 4.69) is 6.92 Å². The lowest BCUT2D eigenvalue weighted by Crippen LogP contribution is -2.07. The van der Waals surface area contributed by atoms with Gasteiger partial charge in [0.05, 0.1) is 17.2 Å². The SMILES string of the molecule is CCCCCCCCCCCCCCCCCCOC(=O)c1ccccc1Cl. The molecule has 0 radical (unpaired) electrons. The summed E-state index contributed by atoms with van der Waals surface area (Å²) in [5, 5.41) is 0.458. The maximum absolute atomic E-state index is 11.9. The van der Waals surface area contributed by atoms with Gasteiger partial charge in [0.2, 0.25) is 0 Å². The highest BCUT2D eigenvalue weighted by Gasteiger charge is 2.10. The summed E-state index contributed by atoms with van der Waals surface area (Å²) < 4.78 is 5.30. The summed E-state index contributed by atoms with van der Waals surface area (Å²) in [5.41, 5.74) is 0.459. The third-order valence-electron chi connectivity index (χ3n) is 5.32. The molecule has 0 N–H and O–H groups in total. The van der Waals surface area contributed by atoms with Crippen molar-refractivity contribution in [3.05, 3.63) is 34.9 Å². The normalized spacial score (nSPS) is 10.9. The number of unbranched alkanes of at least 4 members (excludes halogenated alkanes) is 15. The Labute approximate surface area is 178 Å². The van der Waals surface area contributed by atoms with E-state index in [1.54, 1.807) is 18.2 Å². The Morgan fingerprint density at radius 2 is 1.14 bits per heavy atom. The van der Waals surface area contributed by atoms with E-state index in [0.29, 0.717) is 17.2 Å². The van der Waals surface area contributed by atoms with E-state index in [4.69, 9.17) is 16.3 Å². The first-order chi connectivity index (χ1) is 13.8. The molecule has 3 heteroatoms. The van der Waals surface area contributed by atoms with E-state index in [9.17, 15) is 4.79 Å². The van der Waals surface area contributed by atoms with E-state index in [-0.39, 0.29) is 5.97 Å². The van der Waals surface area contributed by atoms with Gasteiger partial charge in [0.25, 0.3) is 0 Å². The molecule has 0 fully saturated rings. The van der Waals surface area contributed by atoms with Gasteiger partial charge in [0.15, 0.2) is 0 Å². The fourth-order valence-corrected chi connectivity index (χ4v) is 3.73. The number of rotatable bonds is 18. The minimum atomic E-state index is -0.313. The quantitative estimate of drug-likeness (QED) is 0.179. The summed E-state index contributed by atoms with van der Waals surface area (Å²) >= 11 is 6.00. The van der Waals surface area contributed by atoms with E-state index in [1.165, 1.54) is 89.9 Å². The molecule has 28 heavy (non-hydrogen) atoms. The maximum Gasteiger partial charge on any atom is 0.339 e. The average Bonchev–Trinajstić information content (AvgIpc) is 2.70. The Morgan fingerprint density at radius 1 is 0.714 bits per heavy atom. The Balaban J connectivity index is 1.80. The molecule has 1 aromatic carbocycles. The van der Waals surface area contributed by atoms with Gasteiger partial charge in [0, 0.05) is 0 Å². The second-order valence-electron chi connectivity index (χ2n) is 7.92. The molecule has 0 heterocycles. The Kier molecular flexibility index (Phi) is 16.1. The van der Waals surface area contributed by atoms with Crippen molar-refractivity contribution in [1.82, 2.24) is 0 Å². The number of carbonyl (C=O) groups excluding carboxylic acids is 1. The minimum absolute atomic E-state index is 0.313. The van der Waals surface area contributed by atoms with Crippen LogP contribution in [-0.4, -0.2) is 12.6 Å². The maximum atomic E-state index is 11.9. The van der Waals surface area contributed by atoms with E-state index in [0.717, 1.165) is 12.8 Å². The van der Waals surface area contributed by atoms with Crippen molar-refractivity contribution in [2.24, 2.45) is 0 Å². The predicted molar refractivity (Wildman–Crippen MR) is 121 cm³/mol. The molecule has 0 aliphatic carbocycles. The van der Waals surface area contributed by atoms with Crippen molar-refractivity contribution in [3.63, 3.8) is 0 Å². The zero-order valence-electron chi connectivity index (χ0n) is 18.0. The fourth-order valence-electron chi connectivity index (χ4n) is 3.52. The van der Waals surface area contributed by atoms with Crippen LogP contribution in [0.4, 0.5) is 0 Å². The van der Waals surface area contributed by atoms with Gasteiger partial charge in [-0.1, -0.05) is 127 Å². The highest BCUT2D eigenvalue weighted by Crippen LogP contribution is 2.16. The van der Waals surface area contributed by atoms with E-state index in [1.807, 2.05) is 6.07 Å². The van der Waals surface area contributed by atoms with Gasteiger partial charge in [-0.2, -0.15) is 0 Å². The molecular weight excluding hydrogens is 368 g/mol. The lowest BCUT2D eigenvalue weighted by atomic mass is 10.0. The van der Waals surface area contributed by atoms with Crippen molar-refractivity contribution in [1.29, 1.82) is 0 Å². The first kappa shape index (κ1) is 25.0. The van der Waals surface area contributed by atoms with Crippen LogP contribution >= 0.6 is 11.6 Å². The number of hydrogen-bond donors (Lipinski definition) is 0. The molecule has 0 atom stereocenters. The molecular formula is C25H41ClO2. The monoisotopic (exact) mass is 408 g/mol. The minimum Gasteiger partial charge on any atom is -0.462 e. The molecule has 0 saturated carbocycles. The zero-order chi connectivity index (χ0) is 20.3. The van der Waals surface area contributed by atoms with E-state index < -0.39 is 0 Å². The number of hydrogen-bond acceptors (Lipinski definition) is 2. The third-order valence-corrected chi connectivity index (χ3v) is 5.65. The van der Waals surface area contributed by atoms with Crippen molar-refractivity contribution in [2.75, 3.05) is 6.61 Å². The van der Waals surface area contributed by atoms with Crippen LogP contribution in [0.5, 0.6) is 0 Å². The summed E-state index contributed by atoms with van der Waals surface area (Å²) in [4.78, 5) is 11.9. The molecule has 1 aromatic rings. The first-order valence-electron chi connectivity index (χ1n) is 11.7. The van der Waals surface area contributed by atoms with Gasteiger partial charge in [-0.25, -0.2) is 4.79 Å². The number of esters is 1. The summed E-state index contributed by atoms with van der Waals surface area (Å²) in [5.74, 6) is -0.313. The molecule has 0 bridgehead atoms. The highest BCUT2D eigenvalue weighted by molar-refractivity contribution is 6.33. The highest BCUT2D eigenvalue weighted by atomic mass is 35.5. The standard InChI is InChI=1S/C25H41ClO2/c1-2-3-4-5-6-7-8-9-10-11-12-13-14-15-16-19-22-28-25(27)23-20-17-18-21-24(23)26/h17-18,20-21H,2-16,19,22H2,1H3. The molecule has 0 saturated heterocycles. The lowest BCUT2D eigenvalue weighted by molar-refractivity contribution is 0.0498.